The predicted molar refractivity (Wildman–Crippen MR) is 144 cm³/mol. The Bertz CT molecular complexity index is 1600. The van der Waals surface area contributed by atoms with Crippen LogP contribution < -0.4 is 4.74 Å². The van der Waals surface area contributed by atoms with E-state index in [0.29, 0.717) is 11.5 Å². The van der Waals surface area contributed by atoms with Gasteiger partial charge in [0.1, 0.15) is 12.1 Å². The second-order valence-electron chi connectivity index (χ2n) is 8.38. The second-order valence-corrected chi connectivity index (χ2v) is 8.38. The van der Waals surface area contributed by atoms with Gasteiger partial charge in [-0.05, 0) is 70.2 Å². The number of carboxylic acids is 1. The summed E-state index contributed by atoms with van der Waals surface area (Å²) in [6.45, 7) is 2.13. The monoisotopic (exact) mass is 488 g/mol. The SMILES string of the molecule is CC/C(=C(/c1ccc(/C=C/C(=O)O)cc1)c1ccc2[nH]ncc2c1)c1cccc(Oc2cncnc2)c1. The number of carboxylic acid groups (broad SMARTS) is 1. The molecule has 0 saturated heterocycles. The lowest BCUT2D eigenvalue weighted by atomic mass is 9.87. The van der Waals surface area contributed by atoms with E-state index in [9.17, 15) is 4.79 Å². The number of carbonyl (C=O) groups is 1. The summed E-state index contributed by atoms with van der Waals surface area (Å²) in [5.41, 5.74) is 7.13. The van der Waals surface area contributed by atoms with Crippen LogP contribution in [0.4, 0.5) is 0 Å². The number of aromatic nitrogens is 4. The second kappa shape index (κ2) is 10.7. The number of H-pyrrole nitrogens is 1. The Balaban J connectivity index is 1.63. The van der Waals surface area contributed by atoms with Crippen LogP contribution in [0.15, 0.2) is 97.7 Å². The maximum absolute atomic E-state index is 10.9. The van der Waals surface area contributed by atoms with Gasteiger partial charge in [0.15, 0.2) is 5.75 Å². The molecule has 7 heteroatoms. The van der Waals surface area contributed by atoms with Crippen molar-refractivity contribution in [3.05, 3.63) is 120 Å². The highest BCUT2D eigenvalue weighted by molar-refractivity contribution is 6.00. The van der Waals surface area contributed by atoms with Crippen LogP contribution in [0.5, 0.6) is 11.5 Å². The molecule has 2 aromatic heterocycles. The number of hydrogen-bond acceptors (Lipinski definition) is 5. The van der Waals surface area contributed by atoms with Gasteiger partial charge in [0, 0.05) is 11.5 Å². The van der Waals surface area contributed by atoms with Crippen molar-refractivity contribution in [1.29, 1.82) is 0 Å². The van der Waals surface area contributed by atoms with Crippen LogP contribution in [0.2, 0.25) is 0 Å². The van der Waals surface area contributed by atoms with Gasteiger partial charge in [-0.15, -0.1) is 0 Å². The molecule has 0 aliphatic heterocycles. The average Bonchev–Trinajstić information content (AvgIpc) is 3.40. The Morgan fingerprint density at radius 3 is 2.46 bits per heavy atom. The fourth-order valence-electron chi connectivity index (χ4n) is 4.29. The van der Waals surface area contributed by atoms with E-state index in [2.05, 4.69) is 45.3 Å². The van der Waals surface area contributed by atoms with Crippen molar-refractivity contribution in [3.63, 3.8) is 0 Å². The third-order valence-electron chi connectivity index (χ3n) is 5.96. The van der Waals surface area contributed by atoms with Crippen molar-refractivity contribution >= 4 is 34.1 Å². The minimum atomic E-state index is -0.976. The van der Waals surface area contributed by atoms with E-state index < -0.39 is 5.97 Å². The maximum atomic E-state index is 10.9. The van der Waals surface area contributed by atoms with E-state index in [1.165, 1.54) is 6.33 Å². The highest BCUT2D eigenvalue weighted by atomic mass is 16.5. The van der Waals surface area contributed by atoms with Crippen LogP contribution >= 0.6 is 0 Å². The van der Waals surface area contributed by atoms with Crippen LogP contribution in [-0.2, 0) is 4.79 Å². The standard InChI is InChI=1S/C30H24N4O3/c1-2-27(22-4-3-5-25(15-22)37-26-17-31-19-32-18-26)30(23-11-12-28-24(14-23)16-33-34-28)21-9-6-20(7-10-21)8-13-29(35)36/h3-19H,2H2,1H3,(H,33,34)(H,35,36)/b13-8+,30-27+. The molecule has 0 radical (unpaired) electrons. The third kappa shape index (κ3) is 5.46. The molecule has 0 amide bonds. The first-order chi connectivity index (χ1) is 18.1. The van der Waals surface area contributed by atoms with Gasteiger partial charge in [-0.1, -0.05) is 49.4 Å². The quantitative estimate of drug-likeness (QED) is 0.188. The number of ether oxygens (including phenoxy) is 1. The number of allylic oxidation sites excluding steroid dienone is 1. The van der Waals surface area contributed by atoms with Crippen molar-refractivity contribution in [3.8, 4) is 11.5 Å². The van der Waals surface area contributed by atoms with Gasteiger partial charge in [0.05, 0.1) is 24.1 Å². The van der Waals surface area contributed by atoms with Crippen LogP contribution in [0, 0.1) is 0 Å². The molecule has 182 valence electrons. The number of benzene rings is 3. The number of aliphatic carboxylic acids is 1. The number of rotatable bonds is 8. The first kappa shape index (κ1) is 23.7. The summed E-state index contributed by atoms with van der Waals surface area (Å²) in [7, 11) is 0. The van der Waals surface area contributed by atoms with Crippen molar-refractivity contribution < 1.29 is 14.6 Å². The molecular weight excluding hydrogens is 464 g/mol. The summed E-state index contributed by atoms with van der Waals surface area (Å²) >= 11 is 0. The van der Waals surface area contributed by atoms with Crippen LogP contribution in [-0.4, -0.2) is 31.2 Å². The van der Waals surface area contributed by atoms with Crippen LogP contribution in [0.25, 0.3) is 28.1 Å². The molecule has 37 heavy (non-hydrogen) atoms. The molecule has 5 rings (SSSR count). The van der Waals surface area contributed by atoms with E-state index in [0.717, 1.165) is 56.8 Å². The zero-order chi connectivity index (χ0) is 25.6. The molecule has 0 aliphatic rings. The summed E-state index contributed by atoms with van der Waals surface area (Å²) in [5, 5.41) is 17.2. The van der Waals surface area contributed by atoms with E-state index in [-0.39, 0.29) is 0 Å². The Morgan fingerprint density at radius 2 is 1.70 bits per heavy atom. The smallest absolute Gasteiger partial charge is 0.328 e. The largest absolute Gasteiger partial charge is 0.478 e. The molecule has 5 aromatic rings. The van der Waals surface area contributed by atoms with Crippen molar-refractivity contribution in [2.45, 2.75) is 13.3 Å². The van der Waals surface area contributed by atoms with E-state index >= 15 is 0 Å². The van der Waals surface area contributed by atoms with Crippen molar-refractivity contribution in [2.24, 2.45) is 0 Å². The molecular formula is C30H24N4O3. The van der Waals surface area contributed by atoms with E-state index in [4.69, 9.17) is 9.84 Å². The molecule has 0 saturated carbocycles. The fraction of sp³-hybridized carbons (Fsp3) is 0.0667. The number of nitrogens with one attached hydrogen (secondary N) is 1. The topological polar surface area (TPSA) is 101 Å². The average molecular weight is 489 g/mol. The lowest BCUT2D eigenvalue weighted by Gasteiger charge is -2.17. The molecule has 3 aromatic carbocycles. The fourth-order valence-corrected chi connectivity index (χ4v) is 4.29. The van der Waals surface area contributed by atoms with Crippen molar-refractivity contribution in [2.75, 3.05) is 0 Å². The Kier molecular flexibility index (Phi) is 6.85. The Morgan fingerprint density at radius 1 is 0.919 bits per heavy atom. The number of nitrogens with zero attached hydrogens (tertiary/aromatic N) is 3. The molecule has 0 spiro atoms. The Labute approximate surface area is 213 Å². The molecule has 0 bridgehead atoms. The maximum Gasteiger partial charge on any atom is 0.328 e. The minimum Gasteiger partial charge on any atom is -0.478 e. The van der Waals surface area contributed by atoms with Gasteiger partial charge in [0.2, 0.25) is 0 Å². The van der Waals surface area contributed by atoms with Gasteiger partial charge in [0.25, 0.3) is 0 Å². The predicted octanol–water partition coefficient (Wildman–Crippen LogP) is 6.61. The summed E-state index contributed by atoms with van der Waals surface area (Å²) in [6, 6.07) is 22.1. The summed E-state index contributed by atoms with van der Waals surface area (Å²) in [4.78, 5) is 19.0. The number of aromatic amines is 1. The molecule has 2 N–H and O–H groups in total. The first-order valence-corrected chi connectivity index (χ1v) is 11.8. The van der Waals surface area contributed by atoms with Crippen LogP contribution in [0.3, 0.4) is 0 Å². The molecule has 0 aliphatic carbocycles. The zero-order valence-electron chi connectivity index (χ0n) is 20.1. The summed E-state index contributed by atoms with van der Waals surface area (Å²) in [6.07, 6.45) is 10.0. The molecule has 0 fully saturated rings. The van der Waals surface area contributed by atoms with Gasteiger partial charge in [-0.3, -0.25) is 5.10 Å². The molecule has 0 unspecified atom stereocenters. The summed E-state index contributed by atoms with van der Waals surface area (Å²) in [5.74, 6) is 0.282. The van der Waals surface area contributed by atoms with Gasteiger partial charge in [-0.2, -0.15) is 5.10 Å². The zero-order valence-corrected chi connectivity index (χ0v) is 20.1. The van der Waals surface area contributed by atoms with Gasteiger partial charge in [-0.25, -0.2) is 14.8 Å². The van der Waals surface area contributed by atoms with Crippen LogP contribution in [0.1, 0.15) is 35.6 Å². The summed E-state index contributed by atoms with van der Waals surface area (Å²) < 4.78 is 6.00. The lowest BCUT2D eigenvalue weighted by Crippen LogP contribution is -1.96. The Hall–Kier alpha value is -5.04. The number of fused-ring (bicyclic) bond motifs is 1. The highest BCUT2D eigenvalue weighted by Gasteiger charge is 2.15. The molecule has 2 heterocycles. The van der Waals surface area contributed by atoms with Gasteiger partial charge < -0.3 is 9.84 Å². The molecule has 0 atom stereocenters. The normalized spacial score (nSPS) is 12.0. The third-order valence-corrected chi connectivity index (χ3v) is 5.96. The lowest BCUT2D eigenvalue weighted by molar-refractivity contribution is -0.131. The highest BCUT2D eigenvalue weighted by Crippen LogP contribution is 2.37. The van der Waals surface area contributed by atoms with Crippen molar-refractivity contribution in [1.82, 2.24) is 20.2 Å². The van der Waals surface area contributed by atoms with E-state index in [1.807, 2.05) is 54.7 Å². The van der Waals surface area contributed by atoms with E-state index in [1.54, 1.807) is 18.5 Å². The van der Waals surface area contributed by atoms with Gasteiger partial charge >= 0.3 is 5.97 Å². The number of hydrogen-bond donors (Lipinski definition) is 2. The minimum absolute atomic E-state index is 0.567. The first-order valence-electron chi connectivity index (χ1n) is 11.8. The molecule has 7 nitrogen and oxygen atoms in total.